The Morgan fingerprint density at radius 3 is 2.54 bits per heavy atom. The van der Waals surface area contributed by atoms with E-state index < -0.39 is 27.6 Å². The molecule has 0 bridgehead atoms. The predicted molar refractivity (Wildman–Crippen MR) is 98.6 cm³/mol. The number of hydrogen-bond acceptors (Lipinski definition) is 4. The van der Waals surface area contributed by atoms with Crippen LogP contribution in [0.5, 0.6) is 0 Å². The molecule has 0 aliphatic heterocycles. The zero-order valence-corrected chi connectivity index (χ0v) is 15.6. The lowest BCUT2D eigenvalue weighted by Gasteiger charge is -2.11. The number of benzene rings is 2. The number of amides is 1. The minimum Gasteiger partial charge on any atom is -0.326 e. The van der Waals surface area contributed by atoms with Gasteiger partial charge in [0.1, 0.15) is 4.90 Å². The molecule has 1 amide bonds. The summed E-state index contributed by atoms with van der Waals surface area (Å²) < 4.78 is 51.3. The maximum Gasteiger partial charge on any atom is 0.240 e. The van der Waals surface area contributed by atoms with Crippen molar-refractivity contribution in [2.24, 2.45) is 5.14 Å². The minimum absolute atomic E-state index is 0.146. The number of rotatable bonds is 5. The fraction of sp³-hybridized carbons (Fsp3) is 0.0588. The normalized spacial score (nSPS) is 11.4. The zero-order chi connectivity index (χ0) is 20.5. The lowest BCUT2D eigenvalue weighted by molar-refractivity contribution is -0.115. The molecule has 0 fully saturated rings. The van der Waals surface area contributed by atoms with Gasteiger partial charge in [-0.1, -0.05) is 17.7 Å². The third-order valence-corrected chi connectivity index (χ3v) is 4.83. The summed E-state index contributed by atoms with van der Waals surface area (Å²) in [6.07, 6.45) is 2.48. The Bertz CT molecular complexity index is 1160. The van der Waals surface area contributed by atoms with E-state index in [2.05, 4.69) is 10.4 Å². The molecule has 1 heterocycles. The van der Waals surface area contributed by atoms with Crippen molar-refractivity contribution in [1.82, 2.24) is 9.78 Å². The van der Waals surface area contributed by atoms with Crippen molar-refractivity contribution in [1.29, 1.82) is 0 Å². The van der Waals surface area contributed by atoms with Gasteiger partial charge in [-0.05, 0) is 35.9 Å². The van der Waals surface area contributed by atoms with E-state index in [1.807, 2.05) is 0 Å². The van der Waals surface area contributed by atoms with E-state index in [1.165, 1.54) is 41.3 Å². The molecule has 0 atom stereocenters. The fourth-order valence-corrected chi connectivity index (χ4v) is 3.36. The first-order chi connectivity index (χ1) is 13.1. The van der Waals surface area contributed by atoms with Gasteiger partial charge in [0.25, 0.3) is 0 Å². The van der Waals surface area contributed by atoms with Crippen LogP contribution in [0.15, 0.2) is 53.7 Å². The number of carbonyl (C=O) groups excluding carboxylic acids is 1. The second-order valence-corrected chi connectivity index (χ2v) is 7.77. The summed E-state index contributed by atoms with van der Waals surface area (Å²) in [7, 11) is -4.15. The summed E-state index contributed by atoms with van der Waals surface area (Å²) in [6, 6.07) is 7.12. The van der Waals surface area contributed by atoms with E-state index in [0.29, 0.717) is 5.02 Å². The van der Waals surface area contributed by atoms with Crippen molar-refractivity contribution < 1.29 is 22.0 Å². The fourth-order valence-electron chi connectivity index (χ4n) is 2.48. The molecule has 146 valence electrons. The molecule has 11 heteroatoms. The minimum atomic E-state index is -4.15. The van der Waals surface area contributed by atoms with Crippen molar-refractivity contribution >= 4 is 33.2 Å². The molecule has 7 nitrogen and oxygen atoms in total. The van der Waals surface area contributed by atoms with Gasteiger partial charge in [-0.15, -0.1) is 0 Å². The average Bonchev–Trinajstić information content (AvgIpc) is 3.03. The molecule has 0 aliphatic rings. The lowest BCUT2D eigenvalue weighted by Crippen LogP contribution is -2.18. The third kappa shape index (κ3) is 4.53. The van der Waals surface area contributed by atoms with Crippen molar-refractivity contribution in [3.8, 4) is 5.69 Å². The Morgan fingerprint density at radius 1 is 1.18 bits per heavy atom. The molecule has 28 heavy (non-hydrogen) atoms. The number of primary sulfonamides is 1. The van der Waals surface area contributed by atoms with Crippen molar-refractivity contribution in [2.45, 2.75) is 11.3 Å². The van der Waals surface area contributed by atoms with E-state index in [0.717, 1.165) is 12.1 Å². The van der Waals surface area contributed by atoms with Crippen LogP contribution in [0.2, 0.25) is 5.02 Å². The number of nitrogens with zero attached hydrogens (tertiary/aromatic N) is 2. The van der Waals surface area contributed by atoms with Gasteiger partial charge in [0.2, 0.25) is 15.9 Å². The Morgan fingerprint density at radius 2 is 1.93 bits per heavy atom. The third-order valence-electron chi connectivity index (χ3n) is 3.70. The highest BCUT2D eigenvalue weighted by Crippen LogP contribution is 2.24. The van der Waals surface area contributed by atoms with Gasteiger partial charge < -0.3 is 5.32 Å². The second-order valence-electron chi connectivity index (χ2n) is 5.80. The number of hydrogen-bond donors (Lipinski definition) is 2. The Kier molecular flexibility index (Phi) is 5.45. The van der Waals surface area contributed by atoms with Crippen LogP contribution in [-0.4, -0.2) is 24.1 Å². The van der Waals surface area contributed by atoms with Crippen LogP contribution in [0.25, 0.3) is 5.69 Å². The number of carbonyl (C=O) groups is 1. The number of nitrogens with one attached hydrogen (secondary N) is 1. The summed E-state index contributed by atoms with van der Waals surface area (Å²) in [5, 5.41) is 12.0. The Balaban J connectivity index is 1.86. The van der Waals surface area contributed by atoms with Crippen LogP contribution in [0.4, 0.5) is 14.5 Å². The highest BCUT2D eigenvalue weighted by atomic mass is 35.5. The molecular weight excluding hydrogens is 414 g/mol. The monoisotopic (exact) mass is 426 g/mol. The molecule has 1 aromatic heterocycles. The van der Waals surface area contributed by atoms with Crippen LogP contribution in [0, 0.1) is 11.6 Å². The smallest absolute Gasteiger partial charge is 0.240 e. The van der Waals surface area contributed by atoms with Crippen LogP contribution < -0.4 is 10.5 Å². The van der Waals surface area contributed by atoms with Crippen LogP contribution in [-0.2, 0) is 21.2 Å². The molecule has 2 aromatic carbocycles. The van der Waals surface area contributed by atoms with Crippen molar-refractivity contribution in [3.05, 3.63) is 71.0 Å². The van der Waals surface area contributed by atoms with E-state index >= 15 is 0 Å². The molecule has 0 aliphatic carbocycles. The first-order valence-corrected chi connectivity index (χ1v) is 9.67. The van der Waals surface area contributed by atoms with Crippen molar-refractivity contribution in [2.75, 3.05) is 5.32 Å². The van der Waals surface area contributed by atoms with Gasteiger partial charge in [0.05, 0.1) is 23.3 Å². The number of sulfonamides is 1. The highest BCUT2D eigenvalue weighted by Gasteiger charge is 2.18. The number of nitrogens with two attached hydrogens (primary N) is 1. The molecule has 3 aromatic rings. The molecule has 0 unspecified atom stereocenters. The first kappa shape index (κ1) is 19.9. The molecule has 0 spiro atoms. The largest absolute Gasteiger partial charge is 0.326 e. The van der Waals surface area contributed by atoms with Crippen molar-refractivity contribution in [3.63, 3.8) is 0 Å². The highest BCUT2D eigenvalue weighted by molar-refractivity contribution is 7.89. The summed E-state index contributed by atoms with van der Waals surface area (Å²) in [5.74, 6) is -2.64. The lowest BCUT2D eigenvalue weighted by atomic mass is 10.1. The number of anilines is 1. The first-order valence-electron chi connectivity index (χ1n) is 7.74. The van der Waals surface area contributed by atoms with E-state index in [1.54, 1.807) is 0 Å². The SMILES string of the molecule is NS(=O)(=O)c1cc(NC(=O)Cc2ccc(F)c(F)c2)ccc1-n1cc(Cl)cn1. The summed E-state index contributed by atoms with van der Waals surface area (Å²) >= 11 is 5.80. The predicted octanol–water partition coefficient (Wildman–Crippen LogP) is 2.63. The van der Waals surface area contributed by atoms with Gasteiger partial charge in [-0.2, -0.15) is 5.10 Å². The van der Waals surface area contributed by atoms with E-state index in [9.17, 15) is 22.0 Å². The van der Waals surface area contributed by atoms with Gasteiger partial charge in [0.15, 0.2) is 11.6 Å². The number of aromatic nitrogens is 2. The number of halogens is 3. The molecule has 3 rings (SSSR count). The van der Waals surface area contributed by atoms with Crippen LogP contribution in [0.1, 0.15) is 5.56 Å². The summed E-state index contributed by atoms with van der Waals surface area (Å²) in [4.78, 5) is 11.9. The molecule has 0 radical (unpaired) electrons. The Hall–Kier alpha value is -2.82. The zero-order valence-electron chi connectivity index (χ0n) is 14.1. The molecule has 0 saturated heterocycles. The van der Waals surface area contributed by atoms with Gasteiger partial charge in [-0.25, -0.2) is 27.0 Å². The van der Waals surface area contributed by atoms with E-state index in [-0.39, 0.29) is 28.3 Å². The maximum atomic E-state index is 13.2. The molecule has 3 N–H and O–H groups in total. The molecular formula is C17H13ClF2N4O3S. The van der Waals surface area contributed by atoms with Gasteiger partial charge in [-0.3, -0.25) is 4.79 Å². The molecule has 0 saturated carbocycles. The standard InChI is InChI=1S/C17H13ClF2N4O3S/c18-11-8-22-24(9-11)15-4-2-12(7-16(15)28(21,26)27)23-17(25)6-10-1-3-13(19)14(20)5-10/h1-5,7-9H,6H2,(H,23,25)(H2,21,26,27). The summed E-state index contributed by atoms with van der Waals surface area (Å²) in [5.41, 5.74) is 0.553. The second kappa shape index (κ2) is 7.66. The van der Waals surface area contributed by atoms with Gasteiger partial charge in [0, 0.05) is 11.9 Å². The van der Waals surface area contributed by atoms with Gasteiger partial charge >= 0.3 is 0 Å². The quantitative estimate of drug-likeness (QED) is 0.653. The van der Waals surface area contributed by atoms with Crippen LogP contribution in [0.3, 0.4) is 0 Å². The topological polar surface area (TPSA) is 107 Å². The van der Waals surface area contributed by atoms with Crippen LogP contribution >= 0.6 is 11.6 Å². The average molecular weight is 427 g/mol. The summed E-state index contributed by atoms with van der Waals surface area (Å²) in [6.45, 7) is 0. The van der Waals surface area contributed by atoms with E-state index in [4.69, 9.17) is 16.7 Å². The maximum absolute atomic E-state index is 13.2. The Labute approximate surface area is 163 Å².